The Hall–Kier alpha value is -4.57. The van der Waals surface area contributed by atoms with Crippen LogP contribution in [0, 0.1) is 10.1 Å². The Kier molecular flexibility index (Phi) is 6.83. The van der Waals surface area contributed by atoms with Crippen molar-refractivity contribution in [2.24, 2.45) is 0 Å². The molecule has 1 N–H and O–H groups in total. The van der Waals surface area contributed by atoms with Crippen LogP contribution >= 0.6 is 11.6 Å². The molecule has 4 aromatic rings. The normalized spacial score (nSPS) is 11.6. The van der Waals surface area contributed by atoms with Gasteiger partial charge in [-0.25, -0.2) is 4.98 Å². The Balaban J connectivity index is 1.57. The smallest absolute Gasteiger partial charge is 0.327 e. The quantitative estimate of drug-likeness (QED) is 0.235. The number of nitro benzene ring substituents is 1. The van der Waals surface area contributed by atoms with Gasteiger partial charge in [0.15, 0.2) is 0 Å². The average Bonchev–Trinajstić information content (AvgIpc) is 2.86. The second-order valence-electron chi connectivity index (χ2n) is 7.39. The molecule has 35 heavy (non-hydrogen) atoms. The van der Waals surface area contributed by atoms with E-state index in [1.165, 1.54) is 18.5 Å². The maximum absolute atomic E-state index is 13.0. The highest BCUT2D eigenvalue weighted by Gasteiger charge is 2.26. The first-order valence-electron chi connectivity index (χ1n) is 10.3. The summed E-state index contributed by atoms with van der Waals surface area (Å²) in [6.07, 6.45) is -0.154. The van der Waals surface area contributed by atoms with Crippen molar-refractivity contribution in [3.63, 3.8) is 0 Å². The van der Waals surface area contributed by atoms with Crippen molar-refractivity contribution < 1.29 is 19.2 Å². The molecule has 1 atom stereocenters. The summed E-state index contributed by atoms with van der Waals surface area (Å²) in [6, 6.07) is 18.7. The zero-order chi connectivity index (χ0) is 24.9. The summed E-state index contributed by atoms with van der Waals surface area (Å²) >= 11 is 5.82. The molecule has 0 aliphatic carbocycles. The first-order chi connectivity index (χ1) is 16.8. The molecule has 3 aromatic carbocycles. The van der Waals surface area contributed by atoms with Crippen LogP contribution in [0.2, 0.25) is 5.02 Å². The molecule has 1 aromatic heterocycles. The number of amides is 1. The number of benzene rings is 3. The van der Waals surface area contributed by atoms with Gasteiger partial charge in [-0.1, -0.05) is 54.1 Å². The summed E-state index contributed by atoms with van der Waals surface area (Å²) in [6.45, 7) is -0.473. The molecule has 0 fully saturated rings. The minimum absolute atomic E-state index is 0.0894. The van der Waals surface area contributed by atoms with Crippen molar-refractivity contribution in [3.05, 3.63) is 110 Å². The lowest BCUT2D eigenvalue weighted by Crippen LogP contribution is -2.30. The number of halogens is 1. The molecule has 1 unspecified atom stereocenters. The number of esters is 1. The van der Waals surface area contributed by atoms with Gasteiger partial charge in [0.05, 0.1) is 22.2 Å². The van der Waals surface area contributed by atoms with Crippen LogP contribution < -0.4 is 10.9 Å². The fourth-order valence-electron chi connectivity index (χ4n) is 3.37. The maximum Gasteiger partial charge on any atom is 0.327 e. The third-order valence-corrected chi connectivity index (χ3v) is 5.35. The summed E-state index contributed by atoms with van der Waals surface area (Å²) in [5.74, 6) is -1.60. The molecule has 0 aliphatic heterocycles. The summed E-state index contributed by atoms with van der Waals surface area (Å²) in [7, 11) is 0. The molecule has 0 saturated carbocycles. The topological polar surface area (TPSA) is 133 Å². The van der Waals surface area contributed by atoms with Gasteiger partial charge in [0.25, 0.3) is 17.2 Å². The van der Waals surface area contributed by atoms with Crippen molar-refractivity contribution in [1.82, 2.24) is 9.55 Å². The number of fused-ring (bicyclic) bond motifs is 1. The van der Waals surface area contributed by atoms with E-state index in [-0.39, 0.29) is 16.4 Å². The predicted molar refractivity (Wildman–Crippen MR) is 128 cm³/mol. The molecule has 176 valence electrons. The number of anilines is 1. The molecule has 11 heteroatoms. The Labute approximate surface area is 202 Å². The number of hydrogen-bond donors (Lipinski definition) is 1. The lowest BCUT2D eigenvalue weighted by Gasteiger charge is -2.18. The van der Waals surface area contributed by atoms with Crippen molar-refractivity contribution >= 4 is 45.8 Å². The van der Waals surface area contributed by atoms with E-state index in [0.717, 1.165) is 10.6 Å². The summed E-state index contributed by atoms with van der Waals surface area (Å²) < 4.78 is 6.54. The van der Waals surface area contributed by atoms with Crippen LogP contribution in [0.25, 0.3) is 10.9 Å². The van der Waals surface area contributed by atoms with E-state index in [4.69, 9.17) is 16.3 Å². The third-order valence-electron chi connectivity index (χ3n) is 5.03. The SMILES string of the molecule is O=C(Cn1cnc2ccccc2c1=O)OC(C(=O)Nc1ccc(Cl)c([N+](=O)[O-])c1)c1ccccc1. The predicted octanol–water partition coefficient (Wildman–Crippen LogP) is 3.88. The molecule has 10 nitrogen and oxygen atoms in total. The molecule has 1 heterocycles. The molecule has 0 saturated heterocycles. The highest BCUT2D eigenvalue weighted by molar-refractivity contribution is 6.32. The monoisotopic (exact) mass is 492 g/mol. The van der Waals surface area contributed by atoms with Crippen LogP contribution in [-0.4, -0.2) is 26.4 Å². The van der Waals surface area contributed by atoms with E-state index in [0.29, 0.717) is 16.5 Å². The number of carbonyl (C=O) groups is 2. The molecule has 0 spiro atoms. The number of nitrogens with one attached hydrogen (secondary N) is 1. The molecular weight excluding hydrogens is 476 g/mol. The fraction of sp³-hybridized carbons (Fsp3) is 0.0833. The van der Waals surface area contributed by atoms with Crippen LogP contribution in [-0.2, 0) is 20.9 Å². The largest absolute Gasteiger partial charge is 0.446 e. The lowest BCUT2D eigenvalue weighted by molar-refractivity contribution is -0.384. The van der Waals surface area contributed by atoms with Crippen LogP contribution in [0.4, 0.5) is 11.4 Å². The molecule has 0 radical (unpaired) electrons. The van der Waals surface area contributed by atoms with Gasteiger partial charge in [0.1, 0.15) is 11.6 Å². The standard InChI is InChI=1S/C24H17ClN4O6/c25-18-11-10-16(12-20(18)29(33)34)27-23(31)22(15-6-2-1-3-7-15)35-21(30)13-28-14-26-19-9-5-4-8-17(19)24(28)32/h1-12,14,22H,13H2,(H,27,31). The third kappa shape index (κ3) is 5.33. The number of carbonyl (C=O) groups excluding carboxylic acids is 2. The van der Waals surface area contributed by atoms with Gasteiger partial charge < -0.3 is 10.1 Å². The first-order valence-corrected chi connectivity index (χ1v) is 10.6. The number of ether oxygens (including phenoxy) is 1. The summed E-state index contributed by atoms with van der Waals surface area (Å²) in [5, 5.41) is 13.9. The van der Waals surface area contributed by atoms with Gasteiger partial charge in [0, 0.05) is 17.3 Å². The van der Waals surface area contributed by atoms with Crippen molar-refractivity contribution in [2.45, 2.75) is 12.6 Å². The van der Waals surface area contributed by atoms with Gasteiger partial charge in [-0.3, -0.25) is 29.1 Å². The Morgan fingerprint density at radius 3 is 2.54 bits per heavy atom. The van der Waals surface area contributed by atoms with Crippen LogP contribution in [0.15, 0.2) is 83.9 Å². The molecule has 1 amide bonds. The molecule has 0 bridgehead atoms. The highest BCUT2D eigenvalue weighted by atomic mass is 35.5. The van der Waals surface area contributed by atoms with Gasteiger partial charge in [-0.05, 0) is 24.3 Å². The van der Waals surface area contributed by atoms with Crippen LogP contribution in [0.1, 0.15) is 11.7 Å². The van der Waals surface area contributed by atoms with E-state index in [1.807, 2.05) is 0 Å². The number of aromatic nitrogens is 2. The second-order valence-corrected chi connectivity index (χ2v) is 7.80. The fourth-order valence-corrected chi connectivity index (χ4v) is 3.55. The second kappa shape index (κ2) is 10.1. The van der Waals surface area contributed by atoms with Crippen LogP contribution in [0.3, 0.4) is 0 Å². The minimum atomic E-state index is -1.39. The molecule has 4 rings (SSSR count). The van der Waals surface area contributed by atoms with Crippen molar-refractivity contribution in [1.29, 1.82) is 0 Å². The number of hydrogen-bond acceptors (Lipinski definition) is 7. The van der Waals surface area contributed by atoms with Crippen molar-refractivity contribution in [3.8, 4) is 0 Å². The number of para-hydroxylation sites is 1. The lowest BCUT2D eigenvalue weighted by atomic mass is 10.1. The van der Waals surface area contributed by atoms with E-state index in [9.17, 15) is 24.5 Å². The minimum Gasteiger partial charge on any atom is -0.446 e. The Morgan fingerprint density at radius 1 is 1.09 bits per heavy atom. The number of nitro groups is 1. The van der Waals surface area contributed by atoms with E-state index in [2.05, 4.69) is 10.3 Å². The van der Waals surface area contributed by atoms with Crippen LogP contribution in [0.5, 0.6) is 0 Å². The Bertz CT molecular complexity index is 1490. The van der Waals surface area contributed by atoms with Gasteiger partial charge >= 0.3 is 5.97 Å². The van der Waals surface area contributed by atoms with Gasteiger partial charge in [-0.15, -0.1) is 0 Å². The first kappa shape index (κ1) is 23.6. The van der Waals surface area contributed by atoms with E-state index >= 15 is 0 Å². The van der Waals surface area contributed by atoms with Gasteiger partial charge in [-0.2, -0.15) is 0 Å². The number of nitrogens with zero attached hydrogens (tertiary/aromatic N) is 3. The highest BCUT2D eigenvalue weighted by Crippen LogP contribution is 2.28. The van der Waals surface area contributed by atoms with Gasteiger partial charge in [0.2, 0.25) is 6.10 Å². The molecular formula is C24H17ClN4O6. The number of rotatable bonds is 7. The summed E-state index contributed by atoms with van der Waals surface area (Å²) in [5.41, 5.74) is 0.132. The van der Waals surface area contributed by atoms with E-state index < -0.39 is 35.0 Å². The van der Waals surface area contributed by atoms with E-state index in [1.54, 1.807) is 54.6 Å². The van der Waals surface area contributed by atoms with Crippen molar-refractivity contribution in [2.75, 3.05) is 5.32 Å². The Morgan fingerprint density at radius 2 is 1.80 bits per heavy atom. The average molecular weight is 493 g/mol. The summed E-state index contributed by atoms with van der Waals surface area (Å²) in [4.78, 5) is 53.1. The molecule has 0 aliphatic rings. The maximum atomic E-state index is 13.0. The zero-order valence-electron chi connectivity index (χ0n) is 18.0. The zero-order valence-corrected chi connectivity index (χ0v) is 18.7.